The number of rotatable bonds is 10. The van der Waals surface area contributed by atoms with Gasteiger partial charge >= 0.3 is 5.97 Å². The minimum absolute atomic E-state index is 0.00801. The van der Waals surface area contributed by atoms with E-state index in [9.17, 15) is 19.7 Å². The summed E-state index contributed by atoms with van der Waals surface area (Å²) in [5.74, 6) is -0.292. The summed E-state index contributed by atoms with van der Waals surface area (Å²) in [5, 5.41) is 17.7. The molecule has 1 N–H and O–H groups in total. The first-order chi connectivity index (χ1) is 16.4. The Hall–Kier alpha value is -4.61. The summed E-state index contributed by atoms with van der Waals surface area (Å²) in [5.41, 5.74) is 0.612. The lowest BCUT2D eigenvalue weighted by atomic mass is 10.2. The molecule has 178 valence electrons. The summed E-state index contributed by atoms with van der Waals surface area (Å²) in [6.07, 6.45) is 1.38. The molecule has 0 unspecified atom stereocenters. The third kappa shape index (κ3) is 5.59. The molecule has 0 atom stereocenters. The van der Waals surface area contributed by atoms with Crippen LogP contribution < -0.4 is 19.5 Å². The van der Waals surface area contributed by atoms with Crippen molar-refractivity contribution in [2.75, 3.05) is 32.8 Å². The van der Waals surface area contributed by atoms with Crippen molar-refractivity contribution in [2.24, 2.45) is 0 Å². The highest BCUT2D eigenvalue weighted by molar-refractivity contribution is 5.94. The number of nitrogens with one attached hydrogen (secondary N) is 1. The number of benzene rings is 2. The van der Waals surface area contributed by atoms with Gasteiger partial charge in [-0.25, -0.2) is 9.48 Å². The van der Waals surface area contributed by atoms with Crippen LogP contribution in [0.2, 0.25) is 0 Å². The van der Waals surface area contributed by atoms with Gasteiger partial charge in [0.2, 0.25) is 5.69 Å². The van der Waals surface area contributed by atoms with Crippen molar-refractivity contribution in [3.8, 4) is 22.9 Å². The zero-order valence-electron chi connectivity index (χ0n) is 18.6. The van der Waals surface area contributed by atoms with Crippen LogP contribution in [-0.2, 0) is 9.53 Å². The van der Waals surface area contributed by atoms with Crippen molar-refractivity contribution in [1.82, 2.24) is 9.78 Å². The molecule has 0 bridgehead atoms. The average Bonchev–Trinajstić information content (AvgIpc) is 3.27. The maximum absolute atomic E-state index is 12.5. The first kappa shape index (κ1) is 24.0. The molecule has 3 aromatic rings. The maximum Gasteiger partial charge on any atom is 0.362 e. The Balaban J connectivity index is 1.78. The molecule has 0 fully saturated rings. The number of nitro benzene ring substituents is 1. The summed E-state index contributed by atoms with van der Waals surface area (Å²) in [6, 6.07) is 10.4. The monoisotopic (exact) mass is 470 g/mol. The smallest absolute Gasteiger partial charge is 0.362 e. The summed E-state index contributed by atoms with van der Waals surface area (Å²) >= 11 is 0. The Morgan fingerprint density at radius 1 is 1.09 bits per heavy atom. The quantitative estimate of drug-likeness (QED) is 0.268. The highest BCUT2D eigenvalue weighted by Crippen LogP contribution is 2.29. The molecule has 0 spiro atoms. The Labute approximate surface area is 194 Å². The van der Waals surface area contributed by atoms with E-state index in [4.69, 9.17) is 18.9 Å². The number of nitrogens with zero attached hydrogens (tertiary/aromatic N) is 3. The SMILES string of the molecule is CCOC(=O)c1nn(-c2ccc([N+](=O)[O-])cc2)cc1OCC(=O)Nc1ccc(OC)cc1OC. The summed E-state index contributed by atoms with van der Waals surface area (Å²) in [6.45, 7) is 1.31. The van der Waals surface area contributed by atoms with Crippen LogP contribution in [0.1, 0.15) is 17.4 Å². The van der Waals surface area contributed by atoms with E-state index in [-0.39, 0.29) is 23.7 Å². The van der Waals surface area contributed by atoms with Crippen molar-refractivity contribution in [2.45, 2.75) is 6.92 Å². The number of ether oxygens (including phenoxy) is 4. The number of amides is 1. The molecule has 0 aliphatic carbocycles. The zero-order chi connectivity index (χ0) is 24.7. The number of carbonyl (C=O) groups excluding carboxylic acids is 2. The van der Waals surface area contributed by atoms with E-state index in [2.05, 4.69) is 10.4 Å². The van der Waals surface area contributed by atoms with E-state index in [0.29, 0.717) is 22.9 Å². The van der Waals surface area contributed by atoms with Crippen LogP contribution in [0.25, 0.3) is 5.69 Å². The summed E-state index contributed by atoms with van der Waals surface area (Å²) < 4.78 is 22.2. The average molecular weight is 470 g/mol. The van der Waals surface area contributed by atoms with Crippen LogP contribution in [0.5, 0.6) is 17.2 Å². The molecule has 0 aliphatic heterocycles. The Morgan fingerprint density at radius 2 is 1.82 bits per heavy atom. The van der Waals surface area contributed by atoms with E-state index >= 15 is 0 Å². The van der Waals surface area contributed by atoms with Crippen LogP contribution in [0, 0.1) is 10.1 Å². The van der Waals surface area contributed by atoms with E-state index in [1.165, 1.54) is 49.4 Å². The van der Waals surface area contributed by atoms with E-state index in [1.807, 2.05) is 0 Å². The van der Waals surface area contributed by atoms with Crippen LogP contribution in [0.15, 0.2) is 48.7 Å². The van der Waals surface area contributed by atoms with Gasteiger partial charge in [0.1, 0.15) is 11.5 Å². The molecule has 12 heteroatoms. The second kappa shape index (κ2) is 10.8. The second-order valence-corrected chi connectivity index (χ2v) is 6.68. The largest absolute Gasteiger partial charge is 0.497 e. The van der Waals surface area contributed by atoms with Gasteiger partial charge in [-0.2, -0.15) is 5.10 Å². The predicted molar refractivity (Wildman–Crippen MR) is 120 cm³/mol. The topological polar surface area (TPSA) is 144 Å². The molecule has 12 nitrogen and oxygen atoms in total. The highest BCUT2D eigenvalue weighted by atomic mass is 16.6. The standard InChI is InChI=1S/C22H22N4O8/c1-4-33-22(28)21-19(12-25(24-21)14-5-7-15(8-6-14)26(29)30)34-13-20(27)23-17-10-9-16(31-2)11-18(17)32-3/h5-12H,4,13H2,1-3H3,(H,23,27). The molecule has 3 rings (SSSR count). The van der Waals surface area contributed by atoms with Crippen molar-refractivity contribution in [3.63, 3.8) is 0 Å². The van der Waals surface area contributed by atoms with Crippen molar-refractivity contribution >= 4 is 23.3 Å². The predicted octanol–water partition coefficient (Wildman–Crippen LogP) is 2.99. The molecule has 34 heavy (non-hydrogen) atoms. The van der Waals surface area contributed by atoms with Crippen LogP contribution in [0.4, 0.5) is 11.4 Å². The van der Waals surface area contributed by atoms with Gasteiger partial charge in [-0.1, -0.05) is 0 Å². The number of non-ortho nitro benzene ring substituents is 1. The first-order valence-electron chi connectivity index (χ1n) is 10.0. The van der Waals surface area contributed by atoms with Gasteiger partial charge in [-0.15, -0.1) is 0 Å². The molecule has 0 saturated carbocycles. The van der Waals surface area contributed by atoms with Crippen LogP contribution in [0.3, 0.4) is 0 Å². The third-order valence-corrected chi connectivity index (χ3v) is 4.52. The number of carbonyl (C=O) groups is 2. The molecular formula is C22H22N4O8. The van der Waals surface area contributed by atoms with Gasteiger partial charge in [0, 0.05) is 18.2 Å². The van der Waals surface area contributed by atoms with Gasteiger partial charge in [-0.05, 0) is 31.2 Å². The minimum atomic E-state index is -0.740. The normalized spacial score (nSPS) is 10.3. The van der Waals surface area contributed by atoms with Gasteiger partial charge in [0.25, 0.3) is 11.6 Å². The molecular weight excluding hydrogens is 448 g/mol. The number of aromatic nitrogens is 2. The van der Waals surface area contributed by atoms with Gasteiger partial charge in [0.05, 0.1) is 43.3 Å². The van der Waals surface area contributed by atoms with Gasteiger partial charge in [-0.3, -0.25) is 14.9 Å². The number of esters is 1. The highest BCUT2D eigenvalue weighted by Gasteiger charge is 2.21. The first-order valence-corrected chi connectivity index (χ1v) is 10.0. The number of methoxy groups -OCH3 is 2. The fraction of sp³-hybridized carbons (Fsp3) is 0.227. The molecule has 1 aromatic heterocycles. The number of hydrogen-bond acceptors (Lipinski definition) is 9. The lowest BCUT2D eigenvalue weighted by molar-refractivity contribution is -0.384. The Kier molecular flexibility index (Phi) is 7.64. The number of hydrogen-bond donors (Lipinski definition) is 1. The van der Waals surface area contributed by atoms with Crippen molar-refractivity contribution in [3.05, 3.63) is 64.5 Å². The zero-order valence-corrected chi connectivity index (χ0v) is 18.6. The van der Waals surface area contributed by atoms with Gasteiger partial charge in [0.15, 0.2) is 12.4 Å². The Morgan fingerprint density at radius 3 is 2.44 bits per heavy atom. The number of nitro groups is 1. The number of anilines is 1. The second-order valence-electron chi connectivity index (χ2n) is 6.68. The fourth-order valence-corrected chi connectivity index (χ4v) is 2.90. The minimum Gasteiger partial charge on any atom is -0.497 e. The summed E-state index contributed by atoms with van der Waals surface area (Å²) in [4.78, 5) is 35.1. The van der Waals surface area contributed by atoms with Crippen molar-refractivity contribution in [1.29, 1.82) is 0 Å². The van der Waals surface area contributed by atoms with Crippen LogP contribution in [-0.4, -0.2) is 54.0 Å². The summed E-state index contributed by atoms with van der Waals surface area (Å²) in [7, 11) is 2.97. The molecule has 0 aliphatic rings. The molecule has 0 saturated heterocycles. The van der Waals surface area contributed by atoms with Crippen molar-refractivity contribution < 1.29 is 33.5 Å². The Bertz CT molecular complexity index is 1190. The third-order valence-electron chi connectivity index (χ3n) is 4.52. The van der Waals surface area contributed by atoms with E-state index in [1.54, 1.807) is 25.1 Å². The molecule has 1 heterocycles. The van der Waals surface area contributed by atoms with E-state index in [0.717, 1.165) is 0 Å². The molecule has 0 radical (unpaired) electrons. The maximum atomic E-state index is 12.5. The van der Waals surface area contributed by atoms with Crippen LogP contribution >= 0.6 is 0 Å². The van der Waals surface area contributed by atoms with E-state index < -0.39 is 23.4 Å². The molecule has 2 aromatic carbocycles. The van der Waals surface area contributed by atoms with Gasteiger partial charge < -0.3 is 24.3 Å². The lowest BCUT2D eigenvalue weighted by Gasteiger charge is -2.12. The lowest BCUT2D eigenvalue weighted by Crippen LogP contribution is -2.21. The fourth-order valence-electron chi connectivity index (χ4n) is 2.90. The molecule has 1 amide bonds.